The fourth-order valence-electron chi connectivity index (χ4n) is 3.75. The fraction of sp³-hybridized carbons (Fsp3) is 0.389. The zero-order valence-corrected chi connectivity index (χ0v) is 17.5. The third-order valence-corrected chi connectivity index (χ3v) is 7.68. The maximum atomic E-state index is 14.8. The van der Waals surface area contributed by atoms with Crippen LogP contribution in [0.3, 0.4) is 0 Å². The molecule has 2 aromatic heterocycles. The largest absolute Gasteiger partial charge is 0.384 e. The first-order valence-electron chi connectivity index (χ1n) is 9.34. The molecule has 1 aliphatic heterocycles. The highest BCUT2D eigenvalue weighted by molar-refractivity contribution is 7.90. The lowest BCUT2D eigenvalue weighted by Gasteiger charge is -2.35. The van der Waals surface area contributed by atoms with Gasteiger partial charge in [0.2, 0.25) is 0 Å². The quantitative estimate of drug-likeness (QED) is 0.588. The second kappa shape index (κ2) is 8.36. The van der Waals surface area contributed by atoms with Gasteiger partial charge in [0.25, 0.3) is 0 Å². The summed E-state index contributed by atoms with van der Waals surface area (Å²) in [5.74, 6) is -1.82. The molecule has 1 aliphatic rings. The van der Waals surface area contributed by atoms with Crippen LogP contribution < -0.4 is 5.73 Å². The highest BCUT2D eigenvalue weighted by atomic mass is 32.2. The maximum Gasteiger partial charge on any atom is 0.187 e. The van der Waals surface area contributed by atoms with Crippen LogP contribution in [0.25, 0.3) is 0 Å². The number of hydrogen-bond donors (Lipinski definition) is 2. The van der Waals surface area contributed by atoms with E-state index in [2.05, 4.69) is 19.6 Å². The summed E-state index contributed by atoms with van der Waals surface area (Å²) in [4.78, 5) is 5.14. The van der Waals surface area contributed by atoms with Gasteiger partial charge in [0.05, 0.1) is 6.20 Å². The molecule has 0 amide bonds. The molecule has 3 heterocycles. The highest BCUT2D eigenvalue weighted by Gasteiger charge is 2.29. The number of anilines is 1. The van der Waals surface area contributed by atoms with Crippen molar-refractivity contribution in [2.45, 2.75) is 42.5 Å². The molecule has 0 radical (unpaired) electrons. The Labute approximate surface area is 176 Å². The highest BCUT2D eigenvalue weighted by Crippen LogP contribution is 2.35. The Kier molecular flexibility index (Phi) is 5.80. The number of aromatic amines is 1. The zero-order chi connectivity index (χ0) is 21.3. The Hall–Kier alpha value is -2.44. The fourth-order valence-corrected chi connectivity index (χ4v) is 5.93. The first-order chi connectivity index (χ1) is 14.3. The van der Waals surface area contributed by atoms with Crippen LogP contribution in [0, 0.1) is 11.6 Å². The smallest absolute Gasteiger partial charge is 0.187 e. The van der Waals surface area contributed by atoms with Crippen molar-refractivity contribution in [3.8, 4) is 0 Å². The lowest BCUT2D eigenvalue weighted by Crippen LogP contribution is -2.33. The number of nitrogens with one attached hydrogen (secondary N) is 1. The average molecular weight is 455 g/mol. The van der Waals surface area contributed by atoms with Crippen molar-refractivity contribution in [1.82, 2.24) is 24.5 Å². The summed E-state index contributed by atoms with van der Waals surface area (Å²) in [6.07, 6.45) is 5.61. The minimum absolute atomic E-state index is 0.0687. The van der Waals surface area contributed by atoms with Crippen LogP contribution in [0.15, 0.2) is 29.6 Å². The molecule has 3 aromatic rings. The van der Waals surface area contributed by atoms with E-state index in [0.29, 0.717) is 12.4 Å². The van der Waals surface area contributed by atoms with E-state index in [0.717, 1.165) is 48.5 Å². The SMILES string of the molecule is Nc1[nH]ncc1C1CCCCN1Cc1cc(F)c(S(=O)(=O)Cc2ncns2)cc1F. The molecule has 1 unspecified atom stereocenters. The van der Waals surface area contributed by atoms with E-state index in [9.17, 15) is 17.2 Å². The summed E-state index contributed by atoms with van der Waals surface area (Å²) in [7, 11) is -4.09. The molecule has 0 spiro atoms. The summed E-state index contributed by atoms with van der Waals surface area (Å²) >= 11 is 0.900. The van der Waals surface area contributed by atoms with Crippen molar-refractivity contribution < 1.29 is 17.2 Å². The average Bonchev–Trinajstić information content (AvgIpc) is 3.36. The molecular weight excluding hydrogens is 434 g/mol. The molecule has 1 saturated heterocycles. The van der Waals surface area contributed by atoms with Gasteiger partial charge in [0.15, 0.2) is 9.84 Å². The summed E-state index contributed by atoms with van der Waals surface area (Å²) < 4.78 is 58.3. The molecule has 12 heteroatoms. The number of nitrogen functional groups attached to an aromatic ring is 1. The Balaban J connectivity index is 1.59. The van der Waals surface area contributed by atoms with Gasteiger partial charge in [-0.2, -0.15) is 9.47 Å². The van der Waals surface area contributed by atoms with Gasteiger partial charge in [0, 0.05) is 23.7 Å². The summed E-state index contributed by atoms with van der Waals surface area (Å²) in [6.45, 7) is 0.822. The summed E-state index contributed by atoms with van der Waals surface area (Å²) in [5.41, 5.74) is 6.87. The van der Waals surface area contributed by atoms with Crippen LogP contribution in [0.2, 0.25) is 0 Å². The van der Waals surface area contributed by atoms with Crippen molar-refractivity contribution in [3.63, 3.8) is 0 Å². The summed E-state index contributed by atoms with van der Waals surface area (Å²) in [5, 5.41) is 6.87. The zero-order valence-electron chi connectivity index (χ0n) is 15.9. The molecule has 0 saturated carbocycles. The van der Waals surface area contributed by atoms with Crippen LogP contribution in [-0.4, -0.2) is 39.4 Å². The number of halogens is 2. The van der Waals surface area contributed by atoms with E-state index < -0.39 is 32.1 Å². The topological polar surface area (TPSA) is 118 Å². The van der Waals surface area contributed by atoms with Crippen LogP contribution in [0.5, 0.6) is 0 Å². The van der Waals surface area contributed by atoms with E-state index in [1.165, 1.54) is 6.33 Å². The molecule has 1 fully saturated rings. The van der Waals surface area contributed by atoms with E-state index in [1.807, 2.05) is 4.90 Å². The number of nitrogens with zero attached hydrogens (tertiary/aromatic N) is 4. The molecule has 3 N–H and O–H groups in total. The predicted octanol–water partition coefficient (Wildman–Crippen LogP) is 2.82. The third-order valence-electron chi connectivity index (χ3n) is 5.20. The molecule has 30 heavy (non-hydrogen) atoms. The number of benzene rings is 1. The van der Waals surface area contributed by atoms with Crippen molar-refractivity contribution in [2.24, 2.45) is 0 Å². The number of H-pyrrole nitrogens is 1. The Morgan fingerprint density at radius 2 is 2.10 bits per heavy atom. The maximum absolute atomic E-state index is 14.8. The molecule has 8 nitrogen and oxygen atoms in total. The van der Waals surface area contributed by atoms with Gasteiger partial charge in [0.1, 0.15) is 39.4 Å². The second-order valence-electron chi connectivity index (χ2n) is 7.19. The molecule has 160 valence electrons. The first-order valence-corrected chi connectivity index (χ1v) is 11.8. The van der Waals surface area contributed by atoms with Gasteiger partial charge < -0.3 is 5.73 Å². The number of piperidine rings is 1. The Morgan fingerprint density at radius 3 is 2.80 bits per heavy atom. The lowest BCUT2D eigenvalue weighted by atomic mass is 9.96. The molecule has 0 bridgehead atoms. The number of sulfone groups is 1. The monoisotopic (exact) mass is 454 g/mol. The van der Waals surface area contributed by atoms with Gasteiger partial charge in [-0.15, -0.1) is 0 Å². The van der Waals surface area contributed by atoms with E-state index >= 15 is 0 Å². The number of rotatable bonds is 6. The normalized spacial score (nSPS) is 18.0. The molecular formula is C18H20F2N6O2S2. The molecule has 1 aromatic carbocycles. The molecule has 4 rings (SSSR count). The lowest BCUT2D eigenvalue weighted by molar-refractivity contribution is 0.139. The number of aromatic nitrogens is 4. The van der Waals surface area contributed by atoms with Crippen molar-refractivity contribution in [1.29, 1.82) is 0 Å². The van der Waals surface area contributed by atoms with Crippen LogP contribution in [0.1, 0.15) is 41.4 Å². The van der Waals surface area contributed by atoms with Crippen LogP contribution in [0.4, 0.5) is 14.6 Å². The minimum Gasteiger partial charge on any atom is -0.384 e. The summed E-state index contributed by atoms with van der Waals surface area (Å²) in [6, 6.07) is 1.65. The number of nitrogens with two attached hydrogens (primary N) is 1. The third kappa shape index (κ3) is 4.20. The van der Waals surface area contributed by atoms with Crippen molar-refractivity contribution in [3.05, 3.63) is 52.4 Å². The van der Waals surface area contributed by atoms with E-state index in [-0.39, 0.29) is 23.2 Å². The van der Waals surface area contributed by atoms with E-state index in [4.69, 9.17) is 5.73 Å². The standard InChI is InChI=1S/C18H20F2N6O2S2/c19-13-6-16(30(27,28)9-17-22-10-24-29-17)14(20)5-11(13)8-26-4-2-1-3-15(26)12-7-23-25-18(12)21/h5-7,10,15H,1-4,8-9H2,(H3,21,23,25). The minimum atomic E-state index is -4.09. The first kappa shape index (κ1) is 20.8. The number of likely N-dealkylation sites (tertiary alicyclic amines) is 1. The van der Waals surface area contributed by atoms with Gasteiger partial charge in [-0.05, 0) is 43.1 Å². The van der Waals surface area contributed by atoms with Gasteiger partial charge in [-0.25, -0.2) is 22.2 Å². The number of hydrogen-bond acceptors (Lipinski definition) is 8. The van der Waals surface area contributed by atoms with Crippen LogP contribution >= 0.6 is 11.5 Å². The Bertz CT molecular complexity index is 1130. The molecule has 1 atom stereocenters. The second-order valence-corrected chi connectivity index (χ2v) is 10.0. The van der Waals surface area contributed by atoms with E-state index in [1.54, 1.807) is 6.20 Å². The van der Waals surface area contributed by atoms with Gasteiger partial charge in [-0.3, -0.25) is 10.00 Å². The Morgan fingerprint density at radius 1 is 1.27 bits per heavy atom. The van der Waals surface area contributed by atoms with Crippen molar-refractivity contribution >= 4 is 27.2 Å². The van der Waals surface area contributed by atoms with Crippen molar-refractivity contribution in [2.75, 3.05) is 12.3 Å². The van der Waals surface area contributed by atoms with Crippen LogP contribution in [-0.2, 0) is 22.1 Å². The molecule has 0 aliphatic carbocycles. The van der Waals surface area contributed by atoms with Gasteiger partial charge >= 0.3 is 0 Å². The predicted molar refractivity (Wildman–Crippen MR) is 107 cm³/mol. The van der Waals surface area contributed by atoms with Gasteiger partial charge in [-0.1, -0.05) is 6.42 Å².